The summed E-state index contributed by atoms with van der Waals surface area (Å²) in [4.78, 5) is 28.5. The van der Waals surface area contributed by atoms with Crippen molar-refractivity contribution in [2.75, 3.05) is 31.1 Å². The minimum Gasteiger partial charge on any atom is -0.352 e. The standard InChI is InChI=1S/C19H26N4OS/c1-4-16(24)22-7-9-23(10-8-22)18-17-14-6-5-12(2)11-15(14)25-19(17)21-13(3)20-18/h12H,4-11H2,1-3H3. The number of fused-ring (bicyclic) bond motifs is 3. The lowest BCUT2D eigenvalue weighted by Crippen LogP contribution is -2.49. The number of nitrogens with zero attached hydrogens (tertiary/aromatic N) is 4. The van der Waals surface area contributed by atoms with Gasteiger partial charge in [-0.3, -0.25) is 4.79 Å². The van der Waals surface area contributed by atoms with Gasteiger partial charge in [0, 0.05) is 37.5 Å². The van der Waals surface area contributed by atoms with E-state index >= 15 is 0 Å². The van der Waals surface area contributed by atoms with E-state index in [1.807, 2.05) is 30.1 Å². The quantitative estimate of drug-likeness (QED) is 0.827. The van der Waals surface area contributed by atoms with Crippen molar-refractivity contribution in [3.63, 3.8) is 0 Å². The third kappa shape index (κ3) is 3.01. The van der Waals surface area contributed by atoms with E-state index in [1.165, 1.54) is 28.7 Å². The first-order chi connectivity index (χ1) is 12.1. The van der Waals surface area contributed by atoms with Gasteiger partial charge in [-0.2, -0.15) is 0 Å². The lowest BCUT2D eigenvalue weighted by molar-refractivity contribution is -0.131. The van der Waals surface area contributed by atoms with E-state index in [9.17, 15) is 4.79 Å². The molecule has 0 radical (unpaired) electrons. The molecule has 6 heteroatoms. The van der Waals surface area contributed by atoms with E-state index in [4.69, 9.17) is 9.97 Å². The molecule has 25 heavy (non-hydrogen) atoms. The topological polar surface area (TPSA) is 49.3 Å². The number of carbonyl (C=O) groups is 1. The highest BCUT2D eigenvalue weighted by atomic mass is 32.1. The second-order valence-corrected chi connectivity index (χ2v) is 8.43. The average molecular weight is 359 g/mol. The maximum absolute atomic E-state index is 11.9. The molecule has 134 valence electrons. The van der Waals surface area contributed by atoms with Crippen molar-refractivity contribution in [1.82, 2.24) is 14.9 Å². The van der Waals surface area contributed by atoms with E-state index in [0.717, 1.165) is 55.0 Å². The highest BCUT2D eigenvalue weighted by molar-refractivity contribution is 7.19. The van der Waals surface area contributed by atoms with Crippen LogP contribution in [0.25, 0.3) is 10.2 Å². The summed E-state index contributed by atoms with van der Waals surface area (Å²) in [6.07, 6.45) is 4.16. The van der Waals surface area contributed by atoms with Crippen LogP contribution in [0, 0.1) is 12.8 Å². The van der Waals surface area contributed by atoms with Gasteiger partial charge >= 0.3 is 0 Å². The molecule has 1 amide bonds. The number of rotatable bonds is 2. The van der Waals surface area contributed by atoms with E-state index in [-0.39, 0.29) is 5.91 Å². The molecule has 1 atom stereocenters. The maximum atomic E-state index is 11.9. The van der Waals surface area contributed by atoms with Gasteiger partial charge in [-0.05, 0) is 37.7 Å². The third-order valence-electron chi connectivity index (χ3n) is 5.48. The first-order valence-electron chi connectivity index (χ1n) is 9.38. The number of piperazine rings is 1. The Bertz CT molecular complexity index is 807. The number of amides is 1. The summed E-state index contributed by atoms with van der Waals surface area (Å²) in [5, 5.41) is 1.28. The number of hydrogen-bond acceptors (Lipinski definition) is 5. The average Bonchev–Trinajstić information content (AvgIpc) is 2.97. The van der Waals surface area contributed by atoms with E-state index in [1.54, 1.807) is 0 Å². The molecular weight excluding hydrogens is 332 g/mol. The number of anilines is 1. The van der Waals surface area contributed by atoms with Gasteiger partial charge in [0.2, 0.25) is 5.91 Å². The van der Waals surface area contributed by atoms with Gasteiger partial charge in [-0.25, -0.2) is 9.97 Å². The third-order valence-corrected chi connectivity index (χ3v) is 6.63. The zero-order chi connectivity index (χ0) is 17.6. The Balaban J connectivity index is 1.69. The molecule has 2 aromatic heterocycles. The lowest BCUT2D eigenvalue weighted by atomic mass is 9.89. The van der Waals surface area contributed by atoms with Crippen LogP contribution >= 0.6 is 11.3 Å². The van der Waals surface area contributed by atoms with Gasteiger partial charge in [0.15, 0.2) is 0 Å². The van der Waals surface area contributed by atoms with Crippen molar-refractivity contribution in [3.05, 3.63) is 16.3 Å². The molecule has 0 N–H and O–H groups in total. The fourth-order valence-electron chi connectivity index (χ4n) is 4.05. The summed E-state index contributed by atoms with van der Waals surface area (Å²) < 4.78 is 0. The number of aryl methyl sites for hydroxylation is 2. The van der Waals surface area contributed by atoms with Crippen molar-refractivity contribution in [2.24, 2.45) is 5.92 Å². The molecule has 1 unspecified atom stereocenters. The number of thiophene rings is 1. The molecule has 2 aliphatic rings. The van der Waals surface area contributed by atoms with Crippen LogP contribution in [-0.2, 0) is 17.6 Å². The molecule has 1 aliphatic carbocycles. The maximum Gasteiger partial charge on any atom is 0.222 e. The Morgan fingerprint density at radius 3 is 2.72 bits per heavy atom. The molecule has 3 heterocycles. The molecule has 0 aromatic carbocycles. The first kappa shape index (κ1) is 16.8. The highest BCUT2D eigenvalue weighted by Crippen LogP contribution is 2.41. The van der Waals surface area contributed by atoms with Crippen molar-refractivity contribution in [1.29, 1.82) is 0 Å². The van der Waals surface area contributed by atoms with Crippen LogP contribution in [0.2, 0.25) is 0 Å². The van der Waals surface area contributed by atoms with Crippen LogP contribution in [0.5, 0.6) is 0 Å². The van der Waals surface area contributed by atoms with E-state index < -0.39 is 0 Å². The van der Waals surface area contributed by atoms with Crippen molar-refractivity contribution >= 4 is 33.3 Å². The predicted octanol–water partition coefficient (Wildman–Crippen LogP) is 3.18. The molecule has 0 bridgehead atoms. The lowest BCUT2D eigenvalue weighted by Gasteiger charge is -2.36. The highest BCUT2D eigenvalue weighted by Gasteiger charge is 2.27. The summed E-state index contributed by atoms with van der Waals surface area (Å²) in [7, 11) is 0. The van der Waals surface area contributed by atoms with Crippen LogP contribution < -0.4 is 4.90 Å². The Morgan fingerprint density at radius 2 is 2.00 bits per heavy atom. The Morgan fingerprint density at radius 1 is 1.24 bits per heavy atom. The largest absolute Gasteiger partial charge is 0.352 e. The fraction of sp³-hybridized carbons (Fsp3) is 0.632. The smallest absolute Gasteiger partial charge is 0.222 e. The summed E-state index contributed by atoms with van der Waals surface area (Å²) in [6.45, 7) is 9.57. The molecule has 1 aliphatic heterocycles. The summed E-state index contributed by atoms with van der Waals surface area (Å²) in [5.74, 6) is 2.96. The first-order valence-corrected chi connectivity index (χ1v) is 10.2. The number of carbonyl (C=O) groups excluding carboxylic acids is 1. The van der Waals surface area contributed by atoms with Crippen LogP contribution in [-0.4, -0.2) is 47.0 Å². The van der Waals surface area contributed by atoms with Gasteiger partial charge in [0.1, 0.15) is 16.5 Å². The van der Waals surface area contributed by atoms with Crippen molar-refractivity contribution in [2.45, 2.75) is 46.5 Å². The summed E-state index contributed by atoms with van der Waals surface area (Å²) in [6, 6.07) is 0. The van der Waals surface area contributed by atoms with Gasteiger partial charge in [-0.15, -0.1) is 11.3 Å². The van der Waals surface area contributed by atoms with Crippen molar-refractivity contribution in [3.8, 4) is 0 Å². The monoisotopic (exact) mass is 358 g/mol. The van der Waals surface area contributed by atoms with Crippen LogP contribution in [0.15, 0.2) is 0 Å². The van der Waals surface area contributed by atoms with Crippen LogP contribution in [0.4, 0.5) is 5.82 Å². The van der Waals surface area contributed by atoms with Crippen molar-refractivity contribution < 1.29 is 4.79 Å². The van der Waals surface area contributed by atoms with E-state index in [2.05, 4.69) is 11.8 Å². The molecular formula is C19H26N4OS. The zero-order valence-corrected chi connectivity index (χ0v) is 16.2. The summed E-state index contributed by atoms with van der Waals surface area (Å²) in [5.41, 5.74) is 1.49. The fourth-order valence-corrected chi connectivity index (χ4v) is 5.47. The minimum absolute atomic E-state index is 0.255. The SMILES string of the molecule is CCC(=O)N1CCN(c2nc(C)nc3sc4c(c23)CCC(C)C4)CC1. The van der Waals surface area contributed by atoms with Gasteiger partial charge < -0.3 is 9.80 Å². The summed E-state index contributed by atoms with van der Waals surface area (Å²) >= 11 is 1.86. The van der Waals surface area contributed by atoms with E-state index in [0.29, 0.717) is 6.42 Å². The molecule has 5 nitrogen and oxygen atoms in total. The van der Waals surface area contributed by atoms with Crippen LogP contribution in [0.1, 0.15) is 43.0 Å². The van der Waals surface area contributed by atoms with Gasteiger partial charge in [-0.1, -0.05) is 13.8 Å². The number of hydrogen-bond donors (Lipinski definition) is 0. The Kier molecular flexibility index (Phi) is 4.40. The Labute approximate surface area is 153 Å². The normalized spacial score (nSPS) is 20.8. The van der Waals surface area contributed by atoms with Gasteiger partial charge in [0.05, 0.1) is 5.39 Å². The second kappa shape index (κ2) is 6.56. The predicted molar refractivity (Wildman–Crippen MR) is 102 cm³/mol. The molecule has 0 saturated carbocycles. The number of aromatic nitrogens is 2. The van der Waals surface area contributed by atoms with Crippen LogP contribution in [0.3, 0.4) is 0 Å². The second-order valence-electron chi connectivity index (χ2n) is 7.35. The molecule has 1 fully saturated rings. The van der Waals surface area contributed by atoms with Gasteiger partial charge in [0.25, 0.3) is 0 Å². The molecule has 1 saturated heterocycles. The zero-order valence-electron chi connectivity index (χ0n) is 15.3. The molecule has 2 aromatic rings. The Hall–Kier alpha value is -1.69. The minimum atomic E-state index is 0.255. The molecule has 4 rings (SSSR count). The molecule has 0 spiro atoms.